The summed E-state index contributed by atoms with van der Waals surface area (Å²) in [6, 6.07) is 6.05. The second-order valence-electron chi connectivity index (χ2n) is 3.54. The van der Waals surface area contributed by atoms with Crippen molar-refractivity contribution in [2.75, 3.05) is 4.72 Å². The van der Waals surface area contributed by atoms with Crippen molar-refractivity contribution < 1.29 is 13.5 Å². The minimum Gasteiger partial charge on any atom is -0.392 e. The van der Waals surface area contributed by atoms with Crippen LogP contribution < -0.4 is 4.72 Å². The molecular weight excluding hydrogens is 294 g/mol. The van der Waals surface area contributed by atoms with E-state index in [0.717, 1.165) is 0 Å². The smallest absolute Gasteiger partial charge is 0.263 e. The maximum absolute atomic E-state index is 12.1. The van der Waals surface area contributed by atoms with Gasteiger partial charge in [-0.1, -0.05) is 17.7 Å². The molecule has 0 aliphatic rings. The number of sulfonamides is 1. The van der Waals surface area contributed by atoms with E-state index >= 15 is 0 Å². The highest BCUT2D eigenvalue weighted by Crippen LogP contribution is 2.25. The van der Waals surface area contributed by atoms with E-state index in [1.54, 1.807) is 22.9 Å². The van der Waals surface area contributed by atoms with Crippen molar-refractivity contribution in [3.8, 4) is 0 Å². The number of thiophene rings is 1. The molecule has 0 fully saturated rings. The van der Waals surface area contributed by atoms with Crippen molar-refractivity contribution in [3.63, 3.8) is 0 Å². The van der Waals surface area contributed by atoms with Gasteiger partial charge in [0.25, 0.3) is 10.0 Å². The van der Waals surface area contributed by atoms with Gasteiger partial charge >= 0.3 is 0 Å². The number of benzene rings is 1. The van der Waals surface area contributed by atoms with Gasteiger partial charge in [-0.15, -0.1) is 0 Å². The molecule has 1 aromatic carbocycles. The number of rotatable bonds is 4. The Labute approximate surface area is 114 Å². The van der Waals surface area contributed by atoms with Gasteiger partial charge in [-0.3, -0.25) is 4.72 Å². The van der Waals surface area contributed by atoms with E-state index < -0.39 is 10.0 Å². The minimum absolute atomic E-state index is 0.0399. The zero-order valence-corrected chi connectivity index (χ0v) is 11.5. The quantitative estimate of drug-likeness (QED) is 0.912. The van der Waals surface area contributed by atoms with Gasteiger partial charge in [0.05, 0.1) is 17.3 Å². The molecule has 0 saturated heterocycles. The zero-order valence-electron chi connectivity index (χ0n) is 9.13. The van der Waals surface area contributed by atoms with Crippen LogP contribution in [-0.2, 0) is 16.6 Å². The molecule has 0 amide bonds. The molecule has 0 atom stereocenters. The molecule has 7 heteroatoms. The third-order valence-corrected chi connectivity index (χ3v) is 4.79. The van der Waals surface area contributed by atoms with Gasteiger partial charge in [0.15, 0.2) is 0 Å². The van der Waals surface area contributed by atoms with Crippen molar-refractivity contribution in [2.24, 2.45) is 0 Å². The Balaban J connectivity index is 2.40. The molecule has 0 unspecified atom stereocenters. The van der Waals surface area contributed by atoms with E-state index in [0.29, 0.717) is 11.3 Å². The molecule has 0 bridgehead atoms. The lowest BCUT2D eigenvalue weighted by molar-refractivity contribution is 0.281. The number of halogens is 1. The van der Waals surface area contributed by atoms with E-state index in [1.165, 1.54) is 23.5 Å². The van der Waals surface area contributed by atoms with Crippen molar-refractivity contribution in [1.29, 1.82) is 0 Å². The number of aliphatic hydroxyl groups excluding tert-OH is 1. The van der Waals surface area contributed by atoms with Gasteiger partial charge in [-0.25, -0.2) is 8.42 Å². The van der Waals surface area contributed by atoms with E-state index in [-0.39, 0.29) is 16.5 Å². The molecule has 0 aliphatic carbocycles. The van der Waals surface area contributed by atoms with Crippen LogP contribution in [0.15, 0.2) is 39.9 Å². The Morgan fingerprint density at radius 3 is 2.72 bits per heavy atom. The van der Waals surface area contributed by atoms with Gasteiger partial charge in [-0.05, 0) is 29.1 Å². The Kier molecular flexibility index (Phi) is 3.91. The van der Waals surface area contributed by atoms with Crippen molar-refractivity contribution in [1.82, 2.24) is 0 Å². The lowest BCUT2D eigenvalue weighted by atomic mass is 10.2. The molecule has 2 aromatic rings. The fraction of sp³-hybridized carbons (Fsp3) is 0.0909. The van der Waals surface area contributed by atoms with Crippen LogP contribution in [0.1, 0.15) is 5.56 Å². The van der Waals surface area contributed by atoms with Crippen LogP contribution in [-0.4, -0.2) is 13.5 Å². The average molecular weight is 304 g/mol. The second-order valence-corrected chi connectivity index (χ2v) is 6.38. The minimum atomic E-state index is -3.73. The average Bonchev–Trinajstić information content (AvgIpc) is 2.81. The Morgan fingerprint density at radius 1 is 1.33 bits per heavy atom. The number of nitrogens with one attached hydrogen (secondary N) is 1. The summed E-state index contributed by atoms with van der Waals surface area (Å²) < 4.78 is 26.7. The summed E-state index contributed by atoms with van der Waals surface area (Å²) in [5.41, 5.74) is 0.982. The number of aliphatic hydroxyl groups is 1. The van der Waals surface area contributed by atoms with Gasteiger partial charge in [0.1, 0.15) is 4.90 Å². The van der Waals surface area contributed by atoms with Gasteiger partial charge < -0.3 is 5.11 Å². The summed E-state index contributed by atoms with van der Waals surface area (Å²) in [7, 11) is -3.73. The van der Waals surface area contributed by atoms with Gasteiger partial charge in [0.2, 0.25) is 0 Å². The Bertz CT molecular complexity index is 638. The van der Waals surface area contributed by atoms with Crippen LogP contribution in [0.2, 0.25) is 5.02 Å². The summed E-state index contributed by atoms with van der Waals surface area (Å²) in [4.78, 5) is -0.0399. The normalized spacial score (nSPS) is 11.4. The van der Waals surface area contributed by atoms with E-state index in [9.17, 15) is 8.42 Å². The Hall–Kier alpha value is -1.08. The standard InChI is InChI=1S/C11H10ClNO3S2/c12-10-2-1-8(6-14)5-11(10)18(15,16)13-9-3-4-17-7-9/h1-5,7,13-14H,6H2. The highest BCUT2D eigenvalue weighted by atomic mass is 35.5. The summed E-state index contributed by atoms with van der Waals surface area (Å²) in [6.45, 7) is -0.238. The maximum atomic E-state index is 12.1. The third kappa shape index (κ3) is 2.84. The summed E-state index contributed by atoms with van der Waals surface area (Å²) in [6.07, 6.45) is 0. The highest BCUT2D eigenvalue weighted by molar-refractivity contribution is 7.92. The van der Waals surface area contributed by atoms with E-state index in [2.05, 4.69) is 4.72 Å². The Morgan fingerprint density at radius 2 is 2.11 bits per heavy atom. The summed E-state index contributed by atoms with van der Waals surface area (Å²) >= 11 is 7.27. The monoisotopic (exact) mass is 303 g/mol. The van der Waals surface area contributed by atoms with Crippen LogP contribution >= 0.6 is 22.9 Å². The fourth-order valence-electron chi connectivity index (χ4n) is 1.38. The fourth-order valence-corrected chi connectivity index (χ4v) is 3.65. The predicted octanol–water partition coefficient (Wildman–Crippen LogP) is 2.69. The molecule has 0 spiro atoms. The SMILES string of the molecule is O=S(=O)(Nc1ccsc1)c1cc(CO)ccc1Cl. The first-order valence-electron chi connectivity index (χ1n) is 4.97. The molecule has 0 saturated carbocycles. The summed E-state index contributed by atoms with van der Waals surface area (Å²) in [5, 5.41) is 12.6. The van der Waals surface area contributed by atoms with Crippen molar-refractivity contribution >= 4 is 38.6 Å². The first kappa shape index (κ1) is 13.4. The van der Waals surface area contributed by atoms with Crippen LogP contribution in [0.5, 0.6) is 0 Å². The molecule has 18 heavy (non-hydrogen) atoms. The molecule has 1 aromatic heterocycles. The molecule has 4 nitrogen and oxygen atoms in total. The van der Waals surface area contributed by atoms with Crippen molar-refractivity contribution in [2.45, 2.75) is 11.5 Å². The predicted molar refractivity (Wildman–Crippen MR) is 72.5 cm³/mol. The second kappa shape index (κ2) is 5.27. The molecule has 2 rings (SSSR count). The number of anilines is 1. The van der Waals surface area contributed by atoms with Crippen molar-refractivity contribution in [3.05, 3.63) is 45.6 Å². The maximum Gasteiger partial charge on any atom is 0.263 e. The zero-order chi connectivity index (χ0) is 13.2. The lowest BCUT2D eigenvalue weighted by Crippen LogP contribution is -2.13. The molecule has 0 aliphatic heterocycles. The first-order chi connectivity index (χ1) is 8.53. The molecular formula is C11H10ClNO3S2. The summed E-state index contributed by atoms with van der Waals surface area (Å²) in [5.74, 6) is 0. The number of hydrogen-bond donors (Lipinski definition) is 2. The van der Waals surface area contributed by atoms with Crippen LogP contribution in [0.3, 0.4) is 0 Å². The molecule has 0 radical (unpaired) electrons. The van der Waals surface area contributed by atoms with E-state index in [4.69, 9.17) is 16.7 Å². The highest BCUT2D eigenvalue weighted by Gasteiger charge is 2.18. The van der Waals surface area contributed by atoms with Crippen LogP contribution in [0.4, 0.5) is 5.69 Å². The number of hydrogen-bond acceptors (Lipinski definition) is 4. The first-order valence-corrected chi connectivity index (χ1v) is 7.77. The van der Waals surface area contributed by atoms with Crippen LogP contribution in [0.25, 0.3) is 0 Å². The van der Waals surface area contributed by atoms with Gasteiger partial charge in [0, 0.05) is 5.38 Å². The third-order valence-electron chi connectivity index (χ3n) is 2.24. The lowest BCUT2D eigenvalue weighted by Gasteiger charge is -2.09. The molecule has 96 valence electrons. The molecule has 1 heterocycles. The van der Waals surface area contributed by atoms with Gasteiger partial charge in [-0.2, -0.15) is 11.3 Å². The molecule has 2 N–H and O–H groups in total. The topological polar surface area (TPSA) is 66.4 Å². The largest absolute Gasteiger partial charge is 0.392 e. The van der Waals surface area contributed by atoms with Crippen LogP contribution in [0, 0.1) is 0 Å². The van der Waals surface area contributed by atoms with E-state index in [1.807, 2.05) is 0 Å².